The third-order valence-corrected chi connectivity index (χ3v) is 3.95. The molecule has 23 heavy (non-hydrogen) atoms. The van der Waals surface area contributed by atoms with Crippen LogP contribution in [0.3, 0.4) is 0 Å². The highest BCUT2D eigenvalue weighted by Crippen LogP contribution is 2.24. The van der Waals surface area contributed by atoms with Gasteiger partial charge in [0, 0.05) is 25.5 Å². The van der Waals surface area contributed by atoms with Crippen LogP contribution < -0.4 is 11.3 Å². The van der Waals surface area contributed by atoms with E-state index in [1.54, 1.807) is 17.7 Å². The molecule has 0 spiro atoms. The number of aromatic amines is 1. The van der Waals surface area contributed by atoms with Crippen molar-refractivity contribution in [3.8, 4) is 0 Å². The molecule has 0 atom stereocenters. The minimum Gasteiger partial charge on any atom is -0.384 e. The molecule has 1 aromatic carbocycles. The minimum atomic E-state index is -0.357. The Labute approximate surface area is 132 Å². The van der Waals surface area contributed by atoms with E-state index in [-0.39, 0.29) is 11.4 Å². The second kappa shape index (κ2) is 6.47. The van der Waals surface area contributed by atoms with Crippen molar-refractivity contribution in [1.29, 1.82) is 0 Å². The molecule has 0 amide bonds. The second-order valence-corrected chi connectivity index (χ2v) is 5.43. The van der Waals surface area contributed by atoms with Gasteiger partial charge >= 0.3 is 0 Å². The third-order valence-electron chi connectivity index (χ3n) is 3.95. The van der Waals surface area contributed by atoms with E-state index >= 15 is 0 Å². The standard InChI is InChI=1S/C16H19FN4O2/c1-23-8-5-12-14-15(20-19-12)11-9-10(17)3-4-13(11)21(16(14)22)7-2-6-18/h3-4,9H,2,5-8,18H2,1H3,(H,19,20). The van der Waals surface area contributed by atoms with Gasteiger partial charge in [-0.05, 0) is 31.2 Å². The number of pyridine rings is 1. The average Bonchev–Trinajstić information content (AvgIpc) is 2.97. The lowest BCUT2D eigenvalue weighted by Gasteiger charge is -2.11. The summed E-state index contributed by atoms with van der Waals surface area (Å²) in [5.74, 6) is -0.357. The molecule has 2 heterocycles. The van der Waals surface area contributed by atoms with Crippen molar-refractivity contribution in [2.45, 2.75) is 19.4 Å². The molecule has 0 aliphatic rings. The Balaban J connectivity index is 2.32. The van der Waals surface area contributed by atoms with Gasteiger partial charge in [0.1, 0.15) is 11.3 Å². The molecular weight excluding hydrogens is 299 g/mol. The van der Waals surface area contributed by atoms with E-state index in [4.69, 9.17) is 10.5 Å². The van der Waals surface area contributed by atoms with Crippen LogP contribution in [0, 0.1) is 5.82 Å². The van der Waals surface area contributed by atoms with Gasteiger partial charge in [0.15, 0.2) is 0 Å². The van der Waals surface area contributed by atoms with Gasteiger partial charge in [-0.15, -0.1) is 0 Å². The fraction of sp³-hybridized carbons (Fsp3) is 0.375. The lowest BCUT2D eigenvalue weighted by Crippen LogP contribution is -2.23. The highest BCUT2D eigenvalue weighted by Gasteiger charge is 2.17. The van der Waals surface area contributed by atoms with E-state index in [1.807, 2.05) is 0 Å². The first-order chi connectivity index (χ1) is 11.2. The summed E-state index contributed by atoms with van der Waals surface area (Å²) in [4.78, 5) is 12.9. The smallest absolute Gasteiger partial charge is 0.262 e. The summed E-state index contributed by atoms with van der Waals surface area (Å²) in [6.07, 6.45) is 1.21. The molecule has 0 saturated heterocycles. The number of methoxy groups -OCH3 is 1. The predicted molar refractivity (Wildman–Crippen MR) is 87.1 cm³/mol. The fourth-order valence-corrected chi connectivity index (χ4v) is 2.84. The van der Waals surface area contributed by atoms with Crippen LogP contribution in [0.15, 0.2) is 23.0 Å². The molecule has 0 fully saturated rings. The minimum absolute atomic E-state index is 0.132. The second-order valence-electron chi connectivity index (χ2n) is 5.43. The van der Waals surface area contributed by atoms with Crippen LogP contribution in [0.1, 0.15) is 12.1 Å². The lowest BCUT2D eigenvalue weighted by atomic mass is 10.1. The Bertz CT molecular complexity index is 900. The van der Waals surface area contributed by atoms with Gasteiger partial charge in [0.2, 0.25) is 0 Å². The number of aryl methyl sites for hydroxylation is 1. The van der Waals surface area contributed by atoms with Gasteiger partial charge < -0.3 is 15.0 Å². The zero-order valence-electron chi connectivity index (χ0n) is 12.9. The first kappa shape index (κ1) is 15.6. The zero-order valence-corrected chi connectivity index (χ0v) is 12.9. The molecule has 0 aliphatic carbocycles. The van der Waals surface area contributed by atoms with Gasteiger partial charge in [0.05, 0.1) is 23.2 Å². The molecular formula is C16H19FN4O2. The van der Waals surface area contributed by atoms with Crippen molar-refractivity contribution in [1.82, 2.24) is 14.8 Å². The van der Waals surface area contributed by atoms with Crippen molar-refractivity contribution < 1.29 is 9.13 Å². The summed E-state index contributed by atoms with van der Waals surface area (Å²) in [6, 6.07) is 4.38. The van der Waals surface area contributed by atoms with Crippen molar-refractivity contribution >= 4 is 21.8 Å². The summed E-state index contributed by atoms with van der Waals surface area (Å²) in [5, 5.41) is 8.25. The van der Waals surface area contributed by atoms with E-state index in [9.17, 15) is 9.18 Å². The van der Waals surface area contributed by atoms with E-state index in [1.165, 1.54) is 12.1 Å². The molecule has 0 saturated carbocycles. The monoisotopic (exact) mass is 318 g/mol. The normalized spacial score (nSPS) is 11.6. The van der Waals surface area contributed by atoms with Crippen LogP contribution >= 0.6 is 0 Å². The third kappa shape index (κ3) is 2.73. The van der Waals surface area contributed by atoms with Crippen LogP contribution in [0.4, 0.5) is 4.39 Å². The molecule has 0 unspecified atom stereocenters. The summed E-state index contributed by atoms with van der Waals surface area (Å²) >= 11 is 0. The van der Waals surface area contributed by atoms with Gasteiger partial charge in [-0.2, -0.15) is 5.10 Å². The number of aromatic nitrogens is 3. The molecule has 2 aromatic heterocycles. The molecule has 7 heteroatoms. The molecule has 122 valence electrons. The highest BCUT2D eigenvalue weighted by molar-refractivity contribution is 6.04. The van der Waals surface area contributed by atoms with E-state index in [0.29, 0.717) is 60.0 Å². The number of benzene rings is 1. The van der Waals surface area contributed by atoms with Crippen LogP contribution in [-0.4, -0.2) is 35.0 Å². The highest BCUT2D eigenvalue weighted by atomic mass is 19.1. The molecule has 0 aliphatic heterocycles. The summed E-state index contributed by atoms with van der Waals surface area (Å²) < 4.78 is 20.4. The molecule has 0 bridgehead atoms. The quantitative estimate of drug-likeness (QED) is 0.722. The zero-order chi connectivity index (χ0) is 16.4. The number of ether oxygens (including phenoxy) is 1. The lowest BCUT2D eigenvalue weighted by molar-refractivity contribution is 0.201. The van der Waals surface area contributed by atoms with E-state index in [2.05, 4.69) is 10.2 Å². The van der Waals surface area contributed by atoms with Crippen LogP contribution in [0.5, 0.6) is 0 Å². The maximum absolute atomic E-state index is 13.7. The number of nitrogens with zero attached hydrogens (tertiary/aromatic N) is 2. The number of fused-ring (bicyclic) bond motifs is 3. The molecule has 0 radical (unpaired) electrons. The van der Waals surface area contributed by atoms with Crippen molar-refractivity contribution in [2.24, 2.45) is 5.73 Å². The first-order valence-corrected chi connectivity index (χ1v) is 7.55. The molecule has 3 N–H and O–H groups in total. The van der Waals surface area contributed by atoms with Gasteiger partial charge in [0.25, 0.3) is 5.56 Å². The summed E-state index contributed by atoms with van der Waals surface area (Å²) in [7, 11) is 1.60. The Morgan fingerprint density at radius 3 is 3.00 bits per heavy atom. The number of hydrogen-bond acceptors (Lipinski definition) is 4. The fourth-order valence-electron chi connectivity index (χ4n) is 2.84. The largest absolute Gasteiger partial charge is 0.384 e. The summed E-state index contributed by atoms with van der Waals surface area (Å²) in [5.41, 5.74) is 7.32. The van der Waals surface area contributed by atoms with E-state index < -0.39 is 0 Å². The maximum Gasteiger partial charge on any atom is 0.262 e. The molecule has 3 rings (SSSR count). The van der Waals surface area contributed by atoms with Crippen LogP contribution in [0.25, 0.3) is 21.8 Å². The topological polar surface area (TPSA) is 85.9 Å². The maximum atomic E-state index is 13.7. The SMILES string of the molecule is COCCc1[nH]nc2c1c(=O)n(CCCN)c1ccc(F)cc21. The van der Waals surface area contributed by atoms with E-state index in [0.717, 1.165) is 0 Å². The number of rotatable bonds is 6. The number of nitrogens with one attached hydrogen (secondary N) is 1. The summed E-state index contributed by atoms with van der Waals surface area (Å²) in [6.45, 7) is 1.44. The molecule has 3 aromatic rings. The molecule has 6 nitrogen and oxygen atoms in total. The number of nitrogens with two attached hydrogens (primary N) is 1. The van der Waals surface area contributed by atoms with Crippen LogP contribution in [0.2, 0.25) is 0 Å². The Morgan fingerprint density at radius 1 is 1.43 bits per heavy atom. The van der Waals surface area contributed by atoms with Crippen molar-refractivity contribution in [3.63, 3.8) is 0 Å². The Morgan fingerprint density at radius 2 is 2.26 bits per heavy atom. The van der Waals surface area contributed by atoms with Crippen LogP contribution in [-0.2, 0) is 17.7 Å². The Hall–Kier alpha value is -2.25. The van der Waals surface area contributed by atoms with Gasteiger partial charge in [-0.3, -0.25) is 9.89 Å². The van der Waals surface area contributed by atoms with Crippen molar-refractivity contribution in [2.75, 3.05) is 20.3 Å². The van der Waals surface area contributed by atoms with Crippen molar-refractivity contribution in [3.05, 3.63) is 40.1 Å². The predicted octanol–water partition coefficient (Wildman–Crippen LogP) is 1.55. The van der Waals surface area contributed by atoms with Gasteiger partial charge in [-0.25, -0.2) is 4.39 Å². The number of hydrogen-bond donors (Lipinski definition) is 2. The number of halogens is 1. The van der Waals surface area contributed by atoms with Gasteiger partial charge in [-0.1, -0.05) is 0 Å². The Kier molecular flexibility index (Phi) is 4.40. The first-order valence-electron chi connectivity index (χ1n) is 7.55. The number of H-pyrrole nitrogens is 1. The average molecular weight is 318 g/mol.